The molecule has 1 aromatic rings. The Morgan fingerprint density at radius 3 is 2.65 bits per heavy atom. The second-order valence-corrected chi connectivity index (χ2v) is 4.75. The van der Waals surface area contributed by atoms with Gasteiger partial charge in [-0.15, -0.1) is 0 Å². The van der Waals surface area contributed by atoms with Crippen LogP contribution in [0.4, 0.5) is 0 Å². The van der Waals surface area contributed by atoms with Crippen molar-refractivity contribution in [3.63, 3.8) is 0 Å². The molecular weight excluding hydrogens is 212 g/mol. The molecule has 3 heteroatoms. The zero-order valence-electron chi connectivity index (χ0n) is 10.6. The van der Waals surface area contributed by atoms with Crippen LogP contribution in [-0.4, -0.2) is 37.2 Å². The van der Waals surface area contributed by atoms with Crippen molar-refractivity contribution in [1.82, 2.24) is 4.90 Å². The smallest absolute Gasteiger partial charge is 0.0619 e. The number of morpholine rings is 1. The van der Waals surface area contributed by atoms with Crippen molar-refractivity contribution in [2.75, 3.05) is 26.3 Å². The highest BCUT2D eigenvalue weighted by Gasteiger charge is 2.18. The summed E-state index contributed by atoms with van der Waals surface area (Å²) >= 11 is 0. The highest BCUT2D eigenvalue weighted by molar-refractivity contribution is 5.22. The van der Waals surface area contributed by atoms with Gasteiger partial charge in [0.15, 0.2) is 0 Å². The predicted octanol–water partition coefficient (Wildman–Crippen LogP) is 1.41. The highest BCUT2D eigenvalue weighted by atomic mass is 16.5. The first-order valence-electron chi connectivity index (χ1n) is 6.39. The van der Waals surface area contributed by atoms with Crippen molar-refractivity contribution in [2.24, 2.45) is 5.73 Å². The Kier molecular flexibility index (Phi) is 4.54. The van der Waals surface area contributed by atoms with Gasteiger partial charge in [-0.3, -0.25) is 4.90 Å². The number of hydrogen-bond donors (Lipinski definition) is 1. The van der Waals surface area contributed by atoms with Gasteiger partial charge in [0, 0.05) is 19.1 Å². The van der Waals surface area contributed by atoms with Crippen LogP contribution < -0.4 is 5.73 Å². The van der Waals surface area contributed by atoms with E-state index in [4.69, 9.17) is 10.5 Å². The monoisotopic (exact) mass is 234 g/mol. The highest BCUT2D eigenvalue weighted by Crippen LogP contribution is 2.13. The first kappa shape index (κ1) is 12.6. The van der Waals surface area contributed by atoms with Crippen molar-refractivity contribution in [3.05, 3.63) is 35.4 Å². The number of benzene rings is 1. The molecule has 1 heterocycles. The molecular formula is C14H22N2O. The van der Waals surface area contributed by atoms with E-state index in [0.717, 1.165) is 39.3 Å². The molecule has 1 atom stereocenters. The van der Waals surface area contributed by atoms with E-state index >= 15 is 0 Å². The Morgan fingerprint density at radius 2 is 2.00 bits per heavy atom. The van der Waals surface area contributed by atoms with Crippen molar-refractivity contribution in [2.45, 2.75) is 25.9 Å². The van der Waals surface area contributed by atoms with Crippen LogP contribution in [0.15, 0.2) is 24.3 Å². The maximum absolute atomic E-state index is 5.54. The SMILES string of the molecule is CC1COCCN1Cc1ccc(CCN)cc1. The van der Waals surface area contributed by atoms with Crippen molar-refractivity contribution in [1.29, 1.82) is 0 Å². The lowest BCUT2D eigenvalue weighted by molar-refractivity contribution is -0.00437. The average molecular weight is 234 g/mol. The molecule has 1 fully saturated rings. The summed E-state index contributed by atoms with van der Waals surface area (Å²) in [7, 11) is 0. The molecule has 0 aliphatic carbocycles. The molecule has 1 aliphatic heterocycles. The second-order valence-electron chi connectivity index (χ2n) is 4.75. The zero-order valence-corrected chi connectivity index (χ0v) is 10.6. The average Bonchev–Trinajstić information content (AvgIpc) is 2.35. The molecule has 0 aromatic heterocycles. The van der Waals surface area contributed by atoms with Crippen LogP contribution in [0.3, 0.4) is 0 Å². The van der Waals surface area contributed by atoms with Crippen LogP contribution in [0.2, 0.25) is 0 Å². The fraction of sp³-hybridized carbons (Fsp3) is 0.571. The minimum Gasteiger partial charge on any atom is -0.379 e. The predicted molar refractivity (Wildman–Crippen MR) is 69.9 cm³/mol. The zero-order chi connectivity index (χ0) is 12.1. The first-order chi connectivity index (χ1) is 8.29. The maximum Gasteiger partial charge on any atom is 0.0619 e. The van der Waals surface area contributed by atoms with Crippen LogP contribution in [-0.2, 0) is 17.7 Å². The fourth-order valence-corrected chi connectivity index (χ4v) is 2.21. The molecule has 0 bridgehead atoms. The molecule has 1 aromatic carbocycles. The summed E-state index contributed by atoms with van der Waals surface area (Å²) in [6.45, 7) is 6.71. The van der Waals surface area contributed by atoms with Gasteiger partial charge >= 0.3 is 0 Å². The summed E-state index contributed by atoms with van der Waals surface area (Å²) in [6, 6.07) is 9.33. The molecule has 17 heavy (non-hydrogen) atoms. The topological polar surface area (TPSA) is 38.5 Å². The van der Waals surface area contributed by atoms with E-state index in [2.05, 4.69) is 36.1 Å². The summed E-state index contributed by atoms with van der Waals surface area (Å²) in [4.78, 5) is 2.47. The van der Waals surface area contributed by atoms with E-state index < -0.39 is 0 Å². The van der Waals surface area contributed by atoms with E-state index in [1.54, 1.807) is 0 Å². The summed E-state index contributed by atoms with van der Waals surface area (Å²) in [6.07, 6.45) is 0.967. The van der Waals surface area contributed by atoms with Crippen molar-refractivity contribution >= 4 is 0 Å². The largest absolute Gasteiger partial charge is 0.379 e. The van der Waals surface area contributed by atoms with Gasteiger partial charge in [0.25, 0.3) is 0 Å². The number of hydrogen-bond acceptors (Lipinski definition) is 3. The number of nitrogens with zero attached hydrogens (tertiary/aromatic N) is 1. The minimum atomic E-state index is 0.521. The summed E-state index contributed by atoms with van der Waals surface area (Å²) in [5.41, 5.74) is 8.24. The maximum atomic E-state index is 5.54. The molecule has 1 saturated heterocycles. The van der Waals surface area contributed by atoms with Crippen LogP contribution in [0.1, 0.15) is 18.1 Å². The molecule has 94 valence electrons. The number of rotatable bonds is 4. The lowest BCUT2D eigenvalue weighted by Gasteiger charge is -2.33. The number of ether oxygens (including phenoxy) is 1. The third-order valence-electron chi connectivity index (χ3n) is 3.35. The first-order valence-corrected chi connectivity index (χ1v) is 6.39. The third kappa shape index (κ3) is 3.53. The molecule has 2 rings (SSSR count). The summed E-state index contributed by atoms with van der Waals surface area (Å²) < 4.78 is 5.45. The van der Waals surface area contributed by atoms with Crippen LogP contribution in [0.25, 0.3) is 0 Å². The fourth-order valence-electron chi connectivity index (χ4n) is 2.21. The minimum absolute atomic E-state index is 0.521. The molecule has 1 aliphatic rings. The Labute approximate surface area is 104 Å². The normalized spacial score (nSPS) is 21.6. The van der Waals surface area contributed by atoms with Gasteiger partial charge in [0.2, 0.25) is 0 Å². The van der Waals surface area contributed by atoms with E-state index in [0.29, 0.717) is 6.04 Å². The Morgan fingerprint density at radius 1 is 1.29 bits per heavy atom. The van der Waals surface area contributed by atoms with Gasteiger partial charge in [-0.1, -0.05) is 24.3 Å². The van der Waals surface area contributed by atoms with E-state index in [1.807, 2.05) is 0 Å². The summed E-state index contributed by atoms with van der Waals surface area (Å²) in [5.74, 6) is 0. The standard InChI is InChI=1S/C14H22N2O/c1-12-11-17-9-8-16(12)10-14-4-2-13(3-5-14)6-7-15/h2-5,12H,6-11,15H2,1H3. The molecule has 0 saturated carbocycles. The number of nitrogens with two attached hydrogens (primary N) is 1. The van der Waals surface area contributed by atoms with Crippen molar-refractivity contribution in [3.8, 4) is 0 Å². The lowest BCUT2D eigenvalue weighted by Crippen LogP contribution is -2.42. The van der Waals surface area contributed by atoms with Gasteiger partial charge < -0.3 is 10.5 Å². The van der Waals surface area contributed by atoms with E-state index in [1.165, 1.54) is 11.1 Å². The molecule has 0 amide bonds. The molecule has 2 N–H and O–H groups in total. The van der Waals surface area contributed by atoms with Gasteiger partial charge in [0.1, 0.15) is 0 Å². The van der Waals surface area contributed by atoms with Gasteiger partial charge in [-0.05, 0) is 31.0 Å². The lowest BCUT2D eigenvalue weighted by atomic mass is 10.1. The Bertz CT molecular complexity index is 337. The Hall–Kier alpha value is -0.900. The van der Waals surface area contributed by atoms with E-state index in [9.17, 15) is 0 Å². The molecule has 3 nitrogen and oxygen atoms in total. The quantitative estimate of drug-likeness (QED) is 0.856. The van der Waals surface area contributed by atoms with Gasteiger partial charge in [-0.25, -0.2) is 0 Å². The van der Waals surface area contributed by atoms with Crippen LogP contribution >= 0.6 is 0 Å². The molecule has 0 radical (unpaired) electrons. The molecule has 0 spiro atoms. The Balaban J connectivity index is 1.93. The summed E-state index contributed by atoms with van der Waals surface area (Å²) in [5, 5.41) is 0. The second kappa shape index (κ2) is 6.15. The van der Waals surface area contributed by atoms with Gasteiger partial charge in [-0.2, -0.15) is 0 Å². The van der Waals surface area contributed by atoms with Crippen molar-refractivity contribution < 1.29 is 4.74 Å². The van der Waals surface area contributed by atoms with Gasteiger partial charge in [0.05, 0.1) is 13.2 Å². The third-order valence-corrected chi connectivity index (χ3v) is 3.35. The molecule has 1 unspecified atom stereocenters. The van der Waals surface area contributed by atoms with E-state index in [-0.39, 0.29) is 0 Å². The van der Waals surface area contributed by atoms with Crippen LogP contribution in [0, 0.1) is 0 Å². The van der Waals surface area contributed by atoms with Crippen LogP contribution in [0.5, 0.6) is 0 Å².